The van der Waals surface area contributed by atoms with E-state index in [-0.39, 0.29) is 22.7 Å². The van der Waals surface area contributed by atoms with Gasteiger partial charge in [-0.05, 0) is 54.4 Å². The van der Waals surface area contributed by atoms with Gasteiger partial charge in [-0.3, -0.25) is 14.8 Å². The van der Waals surface area contributed by atoms with Crippen molar-refractivity contribution < 1.29 is 18.0 Å². The minimum absolute atomic E-state index is 0.0212. The topological polar surface area (TPSA) is 69.4 Å². The monoisotopic (exact) mass is 486 g/mol. The highest BCUT2D eigenvalue weighted by Crippen LogP contribution is 2.27. The number of hydrogen-bond donors (Lipinski definition) is 1. The van der Waals surface area contributed by atoms with E-state index in [1.54, 1.807) is 48.6 Å². The third kappa shape index (κ3) is 6.08. The smallest absolute Gasteiger partial charge is 0.335 e. The van der Waals surface area contributed by atoms with E-state index in [9.17, 15) is 18.0 Å². The van der Waals surface area contributed by atoms with Gasteiger partial charge in [0.15, 0.2) is 0 Å². The van der Waals surface area contributed by atoms with E-state index in [1.807, 2.05) is 19.1 Å². The molecule has 3 rings (SSSR count). The summed E-state index contributed by atoms with van der Waals surface area (Å²) in [6.45, 7) is 1.89. The highest BCUT2D eigenvalue weighted by molar-refractivity contribution is 6.33. The van der Waals surface area contributed by atoms with Crippen molar-refractivity contribution in [3.8, 4) is 0 Å². The highest BCUT2D eigenvalue weighted by Gasteiger charge is 2.35. The molecule has 0 spiro atoms. The highest BCUT2D eigenvalue weighted by atomic mass is 35.5. The Hall–Kier alpha value is -3.52. The van der Waals surface area contributed by atoms with Crippen LogP contribution in [-0.4, -0.2) is 40.4 Å². The van der Waals surface area contributed by atoms with Crippen molar-refractivity contribution in [2.24, 2.45) is 4.99 Å². The second kappa shape index (κ2) is 10.6. The van der Waals surface area contributed by atoms with Gasteiger partial charge in [-0.1, -0.05) is 35.9 Å². The molecule has 2 aromatic carbocycles. The molecule has 1 amide bonds. The molecule has 1 N–H and O–H groups in total. The van der Waals surface area contributed by atoms with Gasteiger partial charge in [0.2, 0.25) is 0 Å². The number of rotatable bonds is 7. The molecule has 0 aliphatic carbocycles. The van der Waals surface area contributed by atoms with E-state index >= 15 is 0 Å². The third-order valence-electron chi connectivity index (χ3n) is 5.35. The maximum Gasteiger partial charge on any atom is 0.429 e. The quantitative estimate of drug-likeness (QED) is 0.379. The summed E-state index contributed by atoms with van der Waals surface area (Å²) in [4.78, 5) is 22.8. The number of aliphatic imine (C=N–C) groups is 1. The molecule has 0 aliphatic heterocycles. The maximum absolute atomic E-state index is 13.1. The number of aromatic nitrogens is 1. The minimum atomic E-state index is -4.77. The number of alkyl halides is 3. The summed E-state index contributed by atoms with van der Waals surface area (Å²) in [5.74, 6) is -0.247. The van der Waals surface area contributed by atoms with Crippen LogP contribution in [0, 0.1) is 5.41 Å². The molecule has 0 radical (unpaired) electrons. The molecule has 1 unspecified atom stereocenters. The zero-order chi connectivity index (χ0) is 24.9. The lowest BCUT2D eigenvalue weighted by Gasteiger charge is -2.25. The second-order valence-electron chi connectivity index (χ2n) is 7.61. The molecule has 0 saturated heterocycles. The Morgan fingerprint density at radius 1 is 1.06 bits per heavy atom. The SMILES string of the molecule is CC(c1ccncc1)N(C)C(=O)c1ccc(C(CC(=N)C(F)(F)F)=Nc2ccccc2Cl)cc1. The number of nitrogens with one attached hydrogen (secondary N) is 1. The summed E-state index contributed by atoms with van der Waals surface area (Å²) >= 11 is 6.13. The number of hydrogen-bond acceptors (Lipinski definition) is 4. The largest absolute Gasteiger partial charge is 0.429 e. The lowest BCUT2D eigenvalue weighted by Crippen LogP contribution is -2.29. The van der Waals surface area contributed by atoms with Gasteiger partial charge in [-0.15, -0.1) is 0 Å². The van der Waals surface area contributed by atoms with Gasteiger partial charge in [-0.25, -0.2) is 0 Å². The van der Waals surface area contributed by atoms with E-state index in [0.29, 0.717) is 16.8 Å². The van der Waals surface area contributed by atoms with Crippen molar-refractivity contribution >= 4 is 34.6 Å². The average molecular weight is 487 g/mol. The van der Waals surface area contributed by atoms with Gasteiger partial charge < -0.3 is 10.3 Å². The van der Waals surface area contributed by atoms with Gasteiger partial charge >= 0.3 is 6.18 Å². The zero-order valence-corrected chi connectivity index (χ0v) is 19.2. The molecule has 0 saturated carbocycles. The minimum Gasteiger partial charge on any atom is -0.335 e. The molecule has 0 aliphatic rings. The molecule has 1 heterocycles. The van der Waals surface area contributed by atoms with Crippen LogP contribution in [-0.2, 0) is 0 Å². The van der Waals surface area contributed by atoms with Crippen molar-refractivity contribution in [1.29, 1.82) is 5.41 Å². The van der Waals surface area contributed by atoms with E-state index in [4.69, 9.17) is 17.0 Å². The van der Waals surface area contributed by atoms with Crippen LogP contribution in [0.2, 0.25) is 5.02 Å². The second-order valence-corrected chi connectivity index (χ2v) is 8.02. The Labute approximate surface area is 200 Å². The van der Waals surface area contributed by atoms with Gasteiger partial charge in [-0.2, -0.15) is 13.2 Å². The van der Waals surface area contributed by atoms with Crippen molar-refractivity contribution in [1.82, 2.24) is 9.88 Å². The van der Waals surface area contributed by atoms with Crippen LogP contribution in [0.4, 0.5) is 18.9 Å². The Kier molecular flexibility index (Phi) is 7.83. The number of benzene rings is 2. The first-order valence-corrected chi connectivity index (χ1v) is 10.7. The summed E-state index contributed by atoms with van der Waals surface area (Å²) in [7, 11) is 1.68. The molecule has 34 heavy (non-hydrogen) atoms. The molecular weight excluding hydrogens is 465 g/mol. The average Bonchev–Trinajstić information content (AvgIpc) is 2.83. The number of halogens is 4. The molecule has 176 valence electrons. The van der Waals surface area contributed by atoms with Gasteiger partial charge in [0, 0.05) is 31.4 Å². The summed E-state index contributed by atoms with van der Waals surface area (Å²) in [6.07, 6.45) is -2.21. The van der Waals surface area contributed by atoms with Gasteiger partial charge in [0.05, 0.1) is 22.5 Å². The zero-order valence-electron chi connectivity index (χ0n) is 18.5. The first-order valence-electron chi connectivity index (χ1n) is 10.3. The Morgan fingerprint density at radius 3 is 2.24 bits per heavy atom. The van der Waals surface area contributed by atoms with E-state index in [2.05, 4.69) is 9.98 Å². The van der Waals surface area contributed by atoms with Crippen LogP contribution in [0.3, 0.4) is 0 Å². The fraction of sp³-hybridized carbons (Fsp3) is 0.200. The predicted octanol–water partition coefficient (Wildman–Crippen LogP) is 6.66. The van der Waals surface area contributed by atoms with Crippen LogP contribution >= 0.6 is 11.6 Å². The van der Waals surface area contributed by atoms with Gasteiger partial charge in [0.25, 0.3) is 5.91 Å². The van der Waals surface area contributed by atoms with Crippen molar-refractivity contribution in [2.75, 3.05) is 7.05 Å². The fourth-order valence-corrected chi connectivity index (χ4v) is 3.39. The van der Waals surface area contributed by atoms with Crippen LogP contribution in [0.5, 0.6) is 0 Å². The predicted molar refractivity (Wildman–Crippen MR) is 127 cm³/mol. The van der Waals surface area contributed by atoms with Gasteiger partial charge in [0.1, 0.15) is 5.71 Å². The van der Waals surface area contributed by atoms with Crippen LogP contribution < -0.4 is 0 Å². The number of para-hydroxylation sites is 1. The lowest BCUT2D eigenvalue weighted by molar-refractivity contribution is -0.0605. The van der Waals surface area contributed by atoms with Crippen molar-refractivity contribution in [2.45, 2.75) is 25.6 Å². The molecule has 3 aromatic rings. The lowest BCUT2D eigenvalue weighted by atomic mass is 10.0. The van der Waals surface area contributed by atoms with E-state index in [0.717, 1.165) is 5.56 Å². The number of carbonyl (C=O) groups excluding carboxylic acids is 1. The summed E-state index contributed by atoms with van der Waals surface area (Å²) in [5, 5.41) is 7.71. The maximum atomic E-state index is 13.1. The first kappa shape index (κ1) is 25.1. The molecule has 5 nitrogen and oxygen atoms in total. The normalized spacial score (nSPS) is 12.8. The Morgan fingerprint density at radius 2 is 1.65 bits per heavy atom. The molecule has 1 aromatic heterocycles. The van der Waals surface area contributed by atoms with Crippen molar-refractivity contribution in [3.63, 3.8) is 0 Å². The van der Waals surface area contributed by atoms with Crippen LogP contribution in [0.1, 0.15) is 40.9 Å². The molecule has 0 fully saturated rings. The van der Waals surface area contributed by atoms with Crippen LogP contribution in [0.15, 0.2) is 78.0 Å². The summed E-state index contributed by atoms with van der Waals surface area (Å²) < 4.78 is 39.2. The van der Waals surface area contributed by atoms with E-state index in [1.165, 1.54) is 24.3 Å². The fourth-order valence-electron chi connectivity index (χ4n) is 3.21. The number of nitrogens with zero attached hydrogens (tertiary/aromatic N) is 3. The standard InChI is InChI=1S/C25H22ClF3N4O/c1-16(17-11-13-31-14-12-17)33(2)24(34)19-9-7-18(8-10-19)22(15-23(30)25(27,28)29)32-21-6-4-3-5-20(21)26/h3-14,16,30H,15H2,1-2H3. The van der Waals surface area contributed by atoms with Crippen molar-refractivity contribution in [3.05, 3.63) is 94.8 Å². The first-order chi connectivity index (χ1) is 16.1. The van der Waals surface area contributed by atoms with E-state index < -0.39 is 18.3 Å². The summed E-state index contributed by atoms with van der Waals surface area (Å²) in [5.41, 5.74) is 0.533. The van der Waals surface area contributed by atoms with Crippen LogP contribution in [0.25, 0.3) is 0 Å². The molecule has 0 bridgehead atoms. The molecular formula is C25H22ClF3N4O. The molecule has 9 heteroatoms. The Bertz CT molecular complexity index is 1190. The third-order valence-corrected chi connectivity index (χ3v) is 5.67. The Balaban J connectivity index is 1.89. The number of amides is 1. The number of carbonyl (C=O) groups is 1. The molecule has 1 atom stereocenters. The summed E-state index contributed by atoms with van der Waals surface area (Å²) in [6, 6.07) is 16.1. The number of pyridine rings is 1.